The Hall–Kier alpha value is -1.24. The summed E-state index contributed by atoms with van der Waals surface area (Å²) in [4.78, 5) is 34.2. The highest BCUT2D eigenvalue weighted by Crippen LogP contribution is 2.25. The average Bonchev–Trinajstić information content (AvgIpc) is 3.10. The molecule has 1 aliphatic rings. The van der Waals surface area contributed by atoms with Crippen LogP contribution in [0.2, 0.25) is 0 Å². The van der Waals surface area contributed by atoms with Crippen LogP contribution in [0.25, 0.3) is 0 Å². The molecule has 6 nitrogen and oxygen atoms in total. The summed E-state index contributed by atoms with van der Waals surface area (Å²) >= 11 is 1.22. The van der Waals surface area contributed by atoms with Crippen molar-refractivity contribution in [2.45, 2.75) is 24.9 Å². The van der Waals surface area contributed by atoms with Crippen molar-refractivity contribution in [1.29, 1.82) is 0 Å². The fraction of sp³-hybridized carbons (Fsp3) is 0.700. The lowest BCUT2D eigenvalue weighted by Crippen LogP contribution is -2.38. The number of carboxylic acid groups (broad SMARTS) is 1. The van der Waals surface area contributed by atoms with Gasteiger partial charge in [0.1, 0.15) is 6.04 Å². The van der Waals surface area contributed by atoms with Gasteiger partial charge in [0.2, 0.25) is 12.3 Å². The Morgan fingerprint density at radius 3 is 2.71 bits per heavy atom. The lowest BCUT2D eigenvalue weighted by molar-refractivity contribution is -0.139. The lowest BCUT2D eigenvalue weighted by Gasteiger charge is -2.16. The number of amides is 2. The van der Waals surface area contributed by atoms with Crippen LogP contribution in [0, 0.1) is 0 Å². The average molecular weight is 260 g/mol. The van der Waals surface area contributed by atoms with Gasteiger partial charge in [0.15, 0.2) is 0 Å². The molecule has 1 fully saturated rings. The summed E-state index contributed by atoms with van der Waals surface area (Å²) in [5.74, 6) is -0.643. The van der Waals surface area contributed by atoms with Crippen LogP contribution in [0.5, 0.6) is 0 Å². The van der Waals surface area contributed by atoms with Crippen LogP contribution in [0.3, 0.4) is 0 Å². The van der Waals surface area contributed by atoms with Crippen molar-refractivity contribution in [3.8, 4) is 0 Å². The Morgan fingerprint density at radius 1 is 1.59 bits per heavy atom. The van der Waals surface area contributed by atoms with Gasteiger partial charge in [-0.15, -0.1) is 11.8 Å². The SMILES string of the molecule is CN(C(=O)CSCC(NC=O)C(=O)O)C1CC1. The molecular weight excluding hydrogens is 244 g/mol. The highest BCUT2D eigenvalue weighted by Gasteiger charge is 2.29. The molecule has 0 radical (unpaired) electrons. The van der Waals surface area contributed by atoms with Crippen LogP contribution >= 0.6 is 11.8 Å². The van der Waals surface area contributed by atoms with Gasteiger partial charge in [-0.2, -0.15) is 0 Å². The number of thioether (sulfide) groups is 1. The van der Waals surface area contributed by atoms with E-state index in [9.17, 15) is 14.4 Å². The molecule has 1 saturated carbocycles. The molecule has 0 saturated heterocycles. The maximum atomic E-state index is 11.6. The minimum atomic E-state index is -1.09. The van der Waals surface area contributed by atoms with Crippen molar-refractivity contribution in [2.24, 2.45) is 0 Å². The first-order valence-electron chi connectivity index (χ1n) is 5.32. The molecule has 1 atom stereocenters. The second-order valence-corrected chi connectivity index (χ2v) is 4.96. The molecule has 0 aromatic carbocycles. The third-order valence-corrected chi connectivity index (χ3v) is 3.59. The molecule has 0 aliphatic heterocycles. The van der Waals surface area contributed by atoms with E-state index < -0.39 is 12.0 Å². The molecule has 0 aromatic rings. The largest absolute Gasteiger partial charge is 0.480 e. The van der Waals surface area contributed by atoms with Crippen LogP contribution in [0.4, 0.5) is 0 Å². The zero-order valence-corrected chi connectivity index (χ0v) is 10.4. The van der Waals surface area contributed by atoms with Crippen molar-refractivity contribution in [2.75, 3.05) is 18.6 Å². The number of rotatable bonds is 8. The quantitative estimate of drug-likeness (QED) is 0.577. The minimum absolute atomic E-state index is 0.00717. The monoisotopic (exact) mass is 260 g/mol. The summed E-state index contributed by atoms with van der Waals surface area (Å²) in [6.07, 6.45) is 2.46. The number of carbonyl (C=O) groups is 3. The molecule has 0 aromatic heterocycles. The topological polar surface area (TPSA) is 86.7 Å². The second kappa shape index (κ2) is 6.48. The van der Waals surface area contributed by atoms with Crippen molar-refractivity contribution >= 4 is 30.0 Å². The molecule has 1 rings (SSSR count). The Morgan fingerprint density at radius 2 is 2.24 bits per heavy atom. The zero-order valence-electron chi connectivity index (χ0n) is 9.59. The van der Waals surface area contributed by atoms with Gasteiger partial charge in [-0.05, 0) is 12.8 Å². The van der Waals surface area contributed by atoms with E-state index in [0.717, 1.165) is 12.8 Å². The second-order valence-electron chi connectivity index (χ2n) is 3.93. The number of carbonyl (C=O) groups excluding carboxylic acids is 2. The minimum Gasteiger partial charge on any atom is -0.480 e. The number of nitrogens with one attached hydrogen (secondary N) is 1. The third-order valence-electron chi connectivity index (χ3n) is 2.57. The fourth-order valence-corrected chi connectivity index (χ4v) is 2.27. The summed E-state index contributed by atoms with van der Waals surface area (Å²) in [7, 11) is 1.76. The first-order valence-corrected chi connectivity index (χ1v) is 6.47. The van der Waals surface area contributed by atoms with Crippen LogP contribution in [0.1, 0.15) is 12.8 Å². The van der Waals surface area contributed by atoms with E-state index in [0.29, 0.717) is 12.5 Å². The van der Waals surface area contributed by atoms with E-state index in [2.05, 4.69) is 5.32 Å². The van der Waals surface area contributed by atoms with Gasteiger partial charge in [-0.1, -0.05) is 0 Å². The van der Waals surface area contributed by atoms with Crippen molar-refractivity contribution < 1.29 is 19.5 Å². The summed E-state index contributed by atoms with van der Waals surface area (Å²) in [6.45, 7) is 0. The zero-order chi connectivity index (χ0) is 12.8. The fourth-order valence-electron chi connectivity index (χ4n) is 1.30. The van der Waals surface area contributed by atoms with E-state index in [1.807, 2.05) is 0 Å². The van der Waals surface area contributed by atoms with Gasteiger partial charge in [0.05, 0.1) is 5.75 Å². The van der Waals surface area contributed by atoms with Crippen LogP contribution in [0.15, 0.2) is 0 Å². The first-order chi connectivity index (χ1) is 8.06. The number of hydrogen-bond acceptors (Lipinski definition) is 4. The molecular formula is C10H16N2O4S. The molecule has 1 unspecified atom stereocenters. The molecule has 7 heteroatoms. The molecule has 17 heavy (non-hydrogen) atoms. The Kier molecular flexibility index (Phi) is 5.27. The van der Waals surface area contributed by atoms with Crippen LogP contribution in [-0.4, -0.2) is 58.9 Å². The molecule has 0 spiro atoms. The lowest BCUT2D eigenvalue weighted by atomic mass is 10.3. The van der Waals surface area contributed by atoms with Gasteiger partial charge in [-0.25, -0.2) is 4.79 Å². The van der Waals surface area contributed by atoms with Crippen molar-refractivity contribution in [1.82, 2.24) is 10.2 Å². The summed E-state index contributed by atoms with van der Waals surface area (Å²) in [6, 6.07) is -0.567. The summed E-state index contributed by atoms with van der Waals surface area (Å²) in [5, 5.41) is 10.9. The maximum Gasteiger partial charge on any atom is 0.327 e. The van der Waals surface area contributed by atoms with E-state index in [1.165, 1.54) is 11.8 Å². The van der Waals surface area contributed by atoms with Crippen molar-refractivity contribution in [3.63, 3.8) is 0 Å². The first kappa shape index (κ1) is 13.8. The Balaban J connectivity index is 2.22. The van der Waals surface area contributed by atoms with E-state index >= 15 is 0 Å². The van der Waals surface area contributed by atoms with Gasteiger partial charge in [-0.3, -0.25) is 9.59 Å². The Bertz CT molecular complexity index is 307. The third kappa shape index (κ3) is 4.64. The van der Waals surface area contributed by atoms with E-state index in [-0.39, 0.29) is 17.4 Å². The molecule has 2 N–H and O–H groups in total. The van der Waals surface area contributed by atoms with E-state index in [1.54, 1.807) is 11.9 Å². The molecule has 0 heterocycles. The molecule has 0 bridgehead atoms. The van der Waals surface area contributed by atoms with Crippen LogP contribution < -0.4 is 5.32 Å². The molecule has 96 valence electrons. The molecule has 2 amide bonds. The normalized spacial score (nSPS) is 16.1. The number of nitrogens with zero attached hydrogens (tertiary/aromatic N) is 1. The summed E-state index contributed by atoms with van der Waals surface area (Å²) < 4.78 is 0. The predicted molar refractivity (Wildman–Crippen MR) is 63.7 cm³/mol. The van der Waals surface area contributed by atoms with Crippen molar-refractivity contribution in [3.05, 3.63) is 0 Å². The number of carboxylic acids is 1. The van der Waals surface area contributed by atoms with E-state index in [4.69, 9.17) is 5.11 Å². The van der Waals surface area contributed by atoms with Gasteiger partial charge in [0, 0.05) is 18.8 Å². The van der Waals surface area contributed by atoms with Gasteiger partial charge < -0.3 is 15.3 Å². The predicted octanol–water partition coefficient (Wildman–Crippen LogP) is -0.460. The molecule has 1 aliphatic carbocycles. The number of hydrogen-bond donors (Lipinski definition) is 2. The van der Waals surface area contributed by atoms with Gasteiger partial charge >= 0.3 is 5.97 Å². The van der Waals surface area contributed by atoms with Gasteiger partial charge in [0.25, 0.3) is 0 Å². The highest BCUT2D eigenvalue weighted by molar-refractivity contribution is 8.00. The maximum absolute atomic E-state index is 11.6. The Labute approximate surface area is 104 Å². The standard InChI is InChI=1S/C10H16N2O4S/c1-12(7-2-3-7)9(14)5-17-4-8(10(15)16)11-6-13/h6-8H,2-5H2,1H3,(H,11,13)(H,15,16). The highest BCUT2D eigenvalue weighted by atomic mass is 32.2. The number of aliphatic carboxylic acids is 1. The van der Waals surface area contributed by atoms with Crippen LogP contribution in [-0.2, 0) is 14.4 Å². The summed E-state index contributed by atoms with van der Waals surface area (Å²) in [5.41, 5.74) is 0. The smallest absolute Gasteiger partial charge is 0.327 e.